The minimum absolute atomic E-state index is 0.348. The minimum atomic E-state index is 0.348. The monoisotopic (exact) mass is 294 g/mol. The van der Waals surface area contributed by atoms with E-state index in [0.29, 0.717) is 12.6 Å². The van der Waals surface area contributed by atoms with E-state index in [1.54, 1.807) is 0 Å². The van der Waals surface area contributed by atoms with Crippen LogP contribution in [-0.2, 0) is 0 Å². The first-order valence-electron chi connectivity index (χ1n) is 5.77. The summed E-state index contributed by atoms with van der Waals surface area (Å²) in [5.41, 5.74) is 2.40. The molecule has 3 heteroatoms. The average molecular weight is 295 g/mol. The van der Waals surface area contributed by atoms with Crippen molar-refractivity contribution in [3.05, 3.63) is 28.2 Å². The predicted octanol–water partition coefficient (Wildman–Crippen LogP) is 3.19. The van der Waals surface area contributed by atoms with Gasteiger partial charge in [-0.1, -0.05) is 34.8 Å². The molecule has 0 amide bonds. The molecular formula is C14H19BrN2. The summed E-state index contributed by atoms with van der Waals surface area (Å²) >= 11 is 3.62. The Bertz CT molecular complexity index is 409. The van der Waals surface area contributed by atoms with E-state index in [1.807, 2.05) is 11.9 Å². The first kappa shape index (κ1) is 14.1. The van der Waals surface area contributed by atoms with Crippen LogP contribution in [0, 0.1) is 12.3 Å². The van der Waals surface area contributed by atoms with Crippen LogP contribution >= 0.6 is 15.9 Å². The standard InChI is InChI=1S/C14H19BrN2/c1-5-9-17(4)12-7-8-13(14(15)10-12)11(3)16-6-2/h1,7-8,10-11,16H,6,9H2,2-4H3. The SMILES string of the molecule is C#CCN(C)c1ccc(C(C)NCC)c(Br)c1. The third kappa shape index (κ3) is 3.76. The van der Waals surface area contributed by atoms with Crippen LogP contribution in [0.5, 0.6) is 0 Å². The molecule has 1 atom stereocenters. The van der Waals surface area contributed by atoms with Gasteiger partial charge in [-0.15, -0.1) is 6.42 Å². The fourth-order valence-corrected chi connectivity index (χ4v) is 2.46. The van der Waals surface area contributed by atoms with Gasteiger partial charge in [-0.05, 0) is 31.2 Å². The highest BCUT2D eigenvalue weighted by Gasteiger charge is 2.09. The molecule has 92 valence electrons. The summed E-state index contributed by atoms with van der Waals surface area (Å²) in [4.78, 5) is 2.05. The van der Waals surface area contributed by atoms with Crippen LogP contribution in [0.2, 0.25) is 0 Å². The van der Waals surface area contributed by atoms with E-state index in [0.717, 1.165) is 16.7 Å². The topological polar surface area (TPSA) is 15.3 Å². The summed E-state index contributed by atoms with van der Waals surface area (Å²) in [5, 5.41) is 3.40. The number of terminal acetylenes is 1. The lowest BCUT2D eigenvalue weighted by Gasteiger charge is -2.20. The van der Waals surface area contributed by atoms with Gasteiger partial charge in [0.25, 0.3) is 0 Å². The molecule has 0 aliphatic heterocycles. The molecule has 0 heterocycles. The van der Waals surface area contributed by atoms with E-state index in [-0.39, 0.29) is 0 Å². The van der Waals surface area contributed by atoms with Crippen molar-refractivity contribution < 1.29 is 0 Å². The molecule has 17 heavy (non-hydrogen) atoms. The molecule has 1 unspecified atom stereocenters. The molecule has 1 rings (SSSR count). The zero-order valence-electron chi connectivity index (χ0n) is 10.6. The van der Waals surface area contributed by atoms with Crippen LogP contribution in [0.25, 0.3) is 0 Å². The molecule has 1 aromatic carbocycles. The Balaban J connectivity index is 2.90. The van der Waals surface area contributed by atoms with Crippen molar-refractivity contribution in [2.75, 3.05) is 25.0 Å². The van der Waals surface area contributed by atoms with Crippen LogP contribution in [0.4, 0.5) is 5.69 Å². The Hall–Kier alpha value is -0.980. The molecule has 1 N–H and O–H groups in total. The maximum atomic E-state index is 5.31. The molecule has 0 aromatic heterocycles. The molecule has 0 spiro atoms. The number of hydrogen-bond acceptors (Lipinski definition) is 2. The highest BCUT2D eigenvalue weighted by molar-refractivity contribution is 9.10. The fraction of sp³-hybridized carbons (Fsp3) is 0.429. The van der Waals surface area contributed by atoms with Crippen LogP contribution in [0.15, 0.2) is 22.7 Å². The van der Waals surface area contributed by atoms with Crippen LogP contribution in [0.1, 0.15) is 25.5 Å². The van der Waals surface area contributed by atoms with E-state index >= 15 is 0 Å². The van der Waals surface area contributed by atoms with Gasteiger partial charge in [0.05, 0.1) is 6.54 Å². The summed E-state index contributed by atoms with van der Waals surface area (Å²) in [6.45, 7) is 5.86. The van der Waals surface area contributed by atoms with Gasteiger partial charge in [0.2, 0.25) is 0 Å². The first-order valence-corrected chi connectivity index (χ1v) is 6.56. The van der Waals surface area contributed by atoms with Gasteiger partial charge in [0, 0.05) is 23.2 Å². The molecule has 0 saturated carbocycles. The van der Waals surface area contributed by atoms with Gasteiger partial charge >= 0.3 is 0 Å². The number of nitrogens with zero attached hydrogens (tertiary/aromatic N) is 1. The summed E-state index contributed by atoms with van der Waals surface area (Å²) < 4.78 is 1.12. The lowest BCUT2D eigenvalue weighted by molar-refractivity contribution is 0.596. The second-order valence-electron chi connectivity index (χ2n) is 4.05. The van der Waals surface area contributed by atoms with Gasteiger partial charge in [-0.25, -0.2) is 0 Å². The zero-order valence-corrected chi connectivity index (χ0v) is 12.2. The van der Waals surface area contributed by atoms with E-state index in [2.05, 4.69) is 59.2 Å². The molecule has 0 aliphatic carbocycles. The van der Waals surface area contributed by atoms with E-state index < -0.39 is 0 Å². The summed E-state index contributed by atoms with van der Waals surface area (Å²) in [6.07, 6.45) is 5.31. The van der Waals surface area contributed by atoms with Crippen molar-refractivity contribution in [1.82, 2.24) is 5.32 Å². The lowest BCUT2D eigenvalue weighted by Crippen LogP contribution is -2.19. The van der Waals surface area contributed by atoms with Crippen molar-refractivity contribution in [2.24, 2.45) is 0 Å². The van der Waals surface area contributed by atoms with Crippen molar-refractivity contribution in [3.8, 4) is 12.3 Å². The van der Waals surface area contributed by atoms with E-state index in [1.165, 1.54) is 5.56 Å². The predicted molar refractivity (Wildman–Crippen MR) is 78.3 cm³/mol. The smallest absolute Gasteiger partial charge is 0.0788 e. The molecule has 0 fully saturated rings. The molecule has 0 radical (unpaired) electrons. The van der Waals surface area contributed by atoms with Crippen molar-refractivity contribution in [2.45, 2.75) is 19.9 Å². The van der Waals surface area contributed by atoms with Crippen LogP contribution in [0.3, 0.4) is 0 Å². The number of benzene rings is 1. The largest absolute Gasteiger partial charge is 0.363 e. The Kier molecular flexibility index (Phi) is 5.54. The van der Waals surface area contributed by atoms with Crippen LogP contribution < -0.4 is 10.2 Å². The third-order valence-corrected chi connectivity index (χ3v) is 3.42. The zero-order chi connectivity index (χ0) is 12.8. The average Bonchev–Trinajstić information content (AvgIpc) is 2.29. The van der Waals surface area contributed by atoms with Crippen LogP contribution in [-0.4, -0.2) is 20.1 Å². The van der Waals surface area contributed by atoms with Gasteiger partial charge < -0.3 is 10.2 Å². The van der Waals surface area contributed by atoms with Gasteiger partial charge in [-0.2, -0.15) is 0 Å². The van der Waals surface area contributed by atoms with E-state index in [4.69, 9.17) is 6.42 Å². The van der Waals surface area contributed by atoms with Crippen molar-refractivity contribution in [3.63, 3.8) is 0 Å². The molecule has 0 saturated heterocycles. The van der Waals surface area contributed by atoms with Gasteiger partial charge in [0.1, 0.15) is 0 Å². The number of rotatable bonds is 5. The normalized spacial score (nSPS) is 11.9. The maximum Gasteiger partial charge on any atom is 0.0788 e. The highest BCUT2D eigenvalue weighted by Crippen LogP contribution is 2.27. The Labute approximate surface area is 113 Å². The van der Waals surface area contributed by atoms with Gasteiger partial charge in [-0.3, -0.25) is 0 Å². The molecule has 2 nitrogen and oxygen atoms in total. The highest BCUT2D eigenvalue weighted by atomic mass is 79.9. The molecule has 0 aliphatic rings. The first-order chi connectivity index (χ1) is 8.10. The number of halogens is 1. The summed E-state index contributed by atoms with van der Waals surface area (Å²) in [7, 11) is 2.00. The number of nitrogens with one attached hydrogen (secondary N) is 1. The third-order valence-electron chi connectivity index (χ3n) is 2.73. The molecular weight excluding hydrogens is 276 g/mol. The quantitative estimate of drug-likeness (QED) is 0.839. The van der Waals surface area contributed by atoms with Crippen molar-refractivity contribution in [1.29, 1.82) is 0 Å². The lowest BCUT2D eigenvalue weighted by atomic mass is 10.1. The Morgan fingerprint density at radius 3 is 2.76 bits per heavy atom. The van der Waals surface area contributed by atoms with Crippen molar-refractivity contribution >= 4 is 21.6 Å². The molecule has 1 aromatic rings. The number of anilines is 1. The maximum absolute atomic E-state index is 5.31. The second-order valence-corrected chi connectivity index (χ2v) is 4.90. The van der Waals surface area contributed by atoms with Gasteiger partial charge in [0.15, 0.2) is 0 Å². The summed E-state index contributed by atoms with van der Waals surface area (Å²) in [6, 6.07) is 6.70. The number of hydrogen-bond donors (Lipinski definition) is 1. The Morgan fingerprint density at radius 2 is 2.24 bits per heavy atom. The minimum Gasteiger partial charge on any atom is -0.363 e. The fourth-order valence-electron chi connectivity index (χ4n) is 1.75. The van der Waals surface area contributed by atoms with E-state index in [9.17, 15) is 0 Å². The second kappa shape index (κ2) is 6.68. The molecule has 0 bridgehead atoms. The Morgan fingerprint density at radius 1 is 1.53 bits per heavy atom. The summed E-state index contributed by atoms with van der Waals surface area (Å²) in [5.74, 6) is 2.64.